The molecule has 0 aromatic carbocycles. The van der Waals surface area contributed by atoms with Crippen LogP contribution in [-0.2, 0) is 4.74 Å². The molecule has 0 aliphatic rings. The predicted octanol–water partition coefficient (Wildman–Crippen LogP) is -0.435. The average molecular weight is 187 g/mol. The van der Waals surface area contributed by atoms with E-state index in [-0.39, 0.29) is 30.2 Å². The van der Waals surface area contributed by atoms with Crippen molar-refractivity contribution < 1.29 is 14.9 Å². The zero-order valence-electron chi connectivity index (χ0n) is 4.54. The van der Waals surface area contributed by atoms with Crippen molar-refractivity contribution >= 4 is 17.0 Å². The molecule has 0 saturated carbocycles. The fourth-order valence-electron chi connectivity index (χ4n) is 0.231. The maximum absolute atomic E-state index is 8.09. The first-order chi connectivity index (χ1) is 3.41. The summed E-state index contributed by atoms with van der Waals surface area (Å²) in [5.74, 6) is 0. The maximum atomic E-state index is 8.09. The van der Waals surface area contributed by atoms with Gasteiger partial charge in [0.2, 0.25) is 0 Å². The molecular formula is C4H11BrO3. The molecule has 4 heteroatoms. The minimum absolute atomic E-state index is 0. The second-order valence-electron chi connectivity index (χ2n) is 1.06. The van der Waals surface area contributed by atoms with Crippen LogP contribution in [0, 0.1) is 0 Å². The van der Waals surface area contributed by atoms with Crippen molar-refractivity contribution in [2.75, 3.05) is 26.4 Å². The van der Waals surface area contributed by atoms with Crippen LogP contribution in [0.25, 0.3) is 0 Å². The van der Waals surface area contributed by atoms with E-state index in [9.17, 15) is 0 Å². The fraction of sp³-hybridized carbons (Fsp3) is 1.00. The summed E-state index contributed by atoms with van der Waals surface area (Å²) in [5, 5.41) is 16.2. The third-order valence-electron chi connectivity index (χ3n) is 0.471. The molecule has 0 rings (SSSR count). The Morgan fingerprint density at radius 1 is 1.00 bits per heavy atom. The maximum Gasteiger partial charge on any atom is 0.0698 e. The summed E-state index contributed by atoms with van der Waals surface area (Å²) >= 11 is 0. The van der Waals surface area contributed by atoms with Gasteiger partial charge < -0.3 is 14.9 Å². The lowest BCUT2D eigenvalue weighted by molar-refractivity contribution is 0.0650. The minimum atomic E-state index is 0. The Kier molecular flexibility index (Phi) is 14.5. The average Bonchev–Trinajstić information content (AvgIpc) is 1.69. The highest BCUT2D eigenvalue weighted by Crippen LogP contribution is 1.68. The van der Waals surface area contributed by atoms with Gasteiger partial charge in [-0.2, -0.15) is 0 Å². The lowest BCUT2D eigenvalue weighted by Gasteiger charge is -1.94. The smallest absolute Gasteiger partial charge is 0.0698 e. The summed E-state index contributed by atoms with van der Waals surface area (Å²) in [7, 11) is 0. The van der Waals surface area contributed by atoms with Gasteiger partial charge in [0, 0.05) is 0 Å². The quantitative estimate of drug-likeness (QED) is 0.587. The Balaban J connectivity index is 0. The Bertz CT molecular complexity index is 30.5. The summed E-state index contributed by atoms with van der Waals surface area (Å²) in [5.41, 5.74) is 0. The molecule has 3 nitrogen and oxygen atoms in total. The largest absolute Gasteiger partial charge is 0.394 e. The lowest BCUT2D eigenvalue weighted by atomic mass is 10.7. The zero-order chi connectivity index (χ0) is 5.54. The summed E-state index contributed by atoms with van der Waals surface area (Å²) < 4.78 is 4.63. The minimum Gasteiger partial charge on any atom is -0.394 e. The van der Waals surface area contributed by atoms with Gasteiger partial charge in [0.1, 0.15) is 0 Å². The first-order valence-electron chi connectivity index (χ1n) is 2.21. The number of hydrogen-bond acceptors (Lipinski definition) is 3. The first kappa shape index (κ1) is 11.2. The summed E-state index contributed by atoms with van der Waals surface area (Å²) in [4.78, 5) is 0. The Labute approximate surface area is 59.0 Å². The van der Waals surface area contributed by atoms with Gasteiger partial charge in [-0.15, -0.1) is 17.0 Å². The molecule has 0 spiro atoms. The molecule has 0 atom stereocenters. The van der Waals surface area contributed by atoms with E-state index in [2.05, 4.69) is 4.74 Å². The van der Waals surface area contributed by atoms with E-state index in [1.54, 1.807) is 0 Å². The Hall–Kier alpha value is 0.360. The fourth-order valence-corrected chi connectivity index (χ4v) is 0.231. The molecule has 0 fully saturated rings. The summed E-state index contributed by atoms with van der Waals surface area (Å²) in [6.07, 6.45) is 0. The topological polar surface area (TPSA) is 49.7 Å². The van der Waals surface area contributed by atoms with Crippen molar-refractivity contribution in [2.24, 2.45) is 0 Å². The molecule has 0 aliphatic carbocycles. The van der Waals surface area contributed by atoms with Gasteiger partial charge >= 0.3 is 0 Å². The van der Waals surface area contributed by atoms with E-state index in [0.29, 0.717) is 13.2 Å². The van der Waals surface area contributed by atoms with Crippen LogP contribution in [0.5, 0.6) is 0 Å². The van der Waals surface area contributed by atoms with Crippen molar-refractivity contribution in [3.63, 3.8) is 0 Å². The number of rotatable bonds is 4. The molecule has 0 aliphatic heterocycles. The van der Waals surface area contributed by atoms with E-state index in [0.717, 1.165) is 0 Å². The van der Waals surface area contributed by atoms with E-state index in [1.807, 2.05) is 0 Å². The second-order valence-corrected chi connectivity index (χ2v) is 1.06. The second kappa shape index (κ2) is 10.4. The SMILES string of the molecule is Br.OCCOCCO. The van der Waals surface area contributed by atoms with Gasteiger partial charge in [-0.05, 0) is 0 Å². The van der Waals surface area contributed by atoms with Crippen LogP contribution < -0.4 is 0 Å². The molecule has 0 amide bonds. The van der Waals surface area contributed by atoms with Gasteiger partial charge in [-0.3, -0.25) is 0 Å². The van der Waals surface area contributed by atoms with E-state index >= 15 is 0 Å². The molecule has 0 bridgehead atoms. The van der Waals surface area contributed by atoms with Gasteiger partial charge in [-0.1, -0.05) is 0 Å². The van der Waals surface area contributed by atoms with Crippen molar-refractivity contribution in [1.82, 2.24) is 0 Å². The zero-order valence-corrected chi connectivity index (χ0v) is 6.25. The molecule has 2 N–H and O–H groups in total. The first-order valence-corrected chi connectivity index (χ1v) is 2.21. The molecule has 0 heterocycles. The number of ether oxygens (including phenoxy) is 1. The molecule has 0 saturated heterocycles. The lowest BCUT2D eigenvalue weighted by Crippen LogP contribution is -2.03. The van der Waals surface area contributed by atoms with Crippen molar-refractivity contribution in [3.05, 3.63) is 0 Å². The van der Waals surface area contributed by atoms with Crippen LogP contribution in [0.1, 0.15) is 0 Å². The van der Waals surface area contributed by atoms with Crippen LogP contribution in [0.15, 0.2) is 0 Å². The molecule has 0 aromatic heterocycles. The van der Waals surface area contributed by atoms with E-state index in [1.165, 1.54) is 0 Å². The van der Waals surface area contributed by atoms with Gasteiger partial charge in [-0.25, -0.2) is 0 Å². The van der Waals surface area contributed by atoms with Crippen LogP contribution in [0.4, 0.5) is 0 Å². The molecule has 52 valence electrons. The number of hydrogen-bond donors (Lipinski definition) is 2. The molecule has 0 radical (unpaired) electrons. The highest BCUT2D eigenvalue weighted by atomic mass is 79.9. The third kappa shape index (κ3) is 9.61. The van der Waals surface area contributed by atoms with Gasteiger partial charge in [0.05, 0.1) is 26.4 Å². The van der Waals surface area contributed by atoms with Crippen LogP contribution in [0.3, 0.4) is 0 Å². The third-order valence-corrected chi connectivity index (χ3v) is 0.471. The molecular weight excluding hydrogens is 176 g/mol. The Morgan fingerprint density at radius 2 is 1.38 bits per heavy atom. The van der Waals surface area contributed by atoms with Crippen molar-refractivity contribution in [3.8, 4) is 0 Å². The van der Waals surface area contributed by atoms with Gasteiger partial charge in [0.15, 0.2) is 0 Å². The van der Waals surface area contributed by atoms with Crippen molar-refractivity contribution in [2.45, 2.75) is 0 Å². The standard InChI is InChI=1S/C4H10O3.BrH/c5-1-3-7-4-2-6;/h5-6H,1-4H2;1H. The van der Waals surface area contributed by atoms with Gasteiger partial charge in [0.25, 0.3) is 0 Å². The van der Waals surface area contributed by atoms with Crippen LogP contribution in [-0.4, -0.2) is 36.6 Å². The molecule has 0 aromatic rings. The highest BCUT2D eigenvalue weighted by Gasteiger charge is 1.79. The summed E-state index contributed by atoms with van der Waals surface area (Å²) in [6.45, 7) is 0.696. The number of aliphatic hydroxyl groups is 2. The molecule has 8 heavy (non-hydrogen) atoms. The number of halogens is 1. The molecule has 0 unspecified atom stereocenters. The highest BCUT2D eigenvalue weighted by molar-refractivity contribution is 8.93. The normalized spacial score (nSPS) is 8.25. The van der Waals surface area contributed by atoms with E-state index in [4.69, 9.17) is 10.2 Å². The Morgan fingerprint density at radius 3 is 1.62 bits per heavy atom. The van der Waals surface area contributed by atoms with Crippen LogP contribution >= 0.6 is 17.0 Å². The number of aliphatic hydroxyl groups excluding tert-OH is 2. The monoisotopic (exact) mass is 186 g/mol. The van der Waals surface area contributed by atoms with E-state index < -0.39 is 0 Å². The predicted molar refractivity (Wildman–Crippen MR) is 35.3 cm³/mol. The summed E-state index contributed by atoms with van der Waals surface area (Å²) in [6, 6.07) is 0. The van der Waals surface area contributed by atoms with Crippen molar-refractivity contribution in [1.29, 1.82) is 0 Å². The van der Waals surface area contributed by atoms with Crippen LogP contribution in [0.2, 0.25) is 0 Å².